The van der Waals surface area contributed by atoms with Crippen LogP contribution in [0.5, 0.6) is 0 Å². The lowest BCUT2D eigenvalue weighted by Crippen LogP contribution is -2.21. The highest BCUT2D eigenvalue weighted by Gasteiger charge is 2.35. The molecule has 2 aliphatic heterocycles. The molecule has 1 fully saturated rings. The predicted molar refractivity (Wildman–Crippen MR) is 37.9 cm³/mol. The smallest absolute Gasteiger partial charge is 0.352 e. The molecule has 0 aromatic carbocycles. The van der Waals surface area contributed by atoms with Crippen LogP contribution in [-0.4, -0.2) is 18.9 Å². The first-order valence-electron chi connectivity index (χ1n) is 3.50. The monoisotopic (exact) mass is 174 g/mol. The lowest BCUT2D eigenvalue weighted by molar-refractivity contribution is -0.162. The molecule has 3 nitrogen and oxygen atoms in total. The lowest BCUT2D eigenvalue weighted by Gasteiger charge is -2.19. The Balaban J connectivity index is 2.28. The van der Waals surface area contributed by atoms with Crippen LogP contribution in [0.25, 0.3) is 0 Å². The summed E-state index contributed by atoms with van der Waals surface area (Å²) in [5.74, 6) is -0.450. The minimum absolute atomic E-state index is 0.217. The van der Waals surface area contributed by atoms with Gasteiger partial charge in [-0.1, -0.05) is 11.6 Å². The summed E-state index contributed by atoms with van der Waals surface area (Å²) in [5, 5.41) is 0.217. The van der Waals surface area contributed by atoms with Crippen LogP contribution in [0.1, 0.15) is 12.8 Å². The molecule has 0 bridgehead atoms. The van der Waals surface area contributed by atoms with Crippen LogP contribution in [0, 0.1) is 0 Å². The van der Waals surface area contributed by atoms with Crippen LogP contribution in [0.2, 0.25) is 0 Å². The Bertz CT molecular complexity index is 234. The Labute approximate surface area is 68.9 Å². The van der Waals surface area contributed by atoms with E-state index < -0.39 is 12.3 Å². The van der Waals surface area contributed by atoms with Gasteiger partial charge in [-0.2, -0.15) is 0 Å². The number of halogens is 1. The maximum atomic E-state index is 10.8. The van der Waals surface area contributed by atoms with E-state index in [0.717, 1.165) is 18.4 Å². The fourth-order valence-corrected chi connectivity index (χ4v) is 1.50. The van der Waals surface area contributed by atoms with E-state index in [1.54, 1.807) is 0 Å². The molecule has 2 heterocycles. The number of carbonyl (C=O) groups excluding carboxylic acids is 1. The number of rotatable bonds is 0. The molecule has 4 heteroatoms. The number of esters is 1. The molecule has 0 radical (unpaired) electrons. The molecule has 0 amide bonds. The molecule has 0 aromatic rings. The molecule has 2 rings (SSSR count). The van der Waals surface area contributed by atoms with Crippen LogP contribution >= 0.6 is 11.6 Å². The van der Waals surface area contributed by atoms with E-state index in [1.165, 1.54) is 0 Å². The Kier molecular flexibility index (Phi) is 1.62. The number of hydrogen-bond donors (Lipinski definition) is 0. The molecule has 0 aliphatic carbocycles. The summed E-state index contributed by atoms with van der Waals surface area (Å²) < 4.78 is 9.97. The normalized spacial score (nSPS) is 30.3. The molecule has 1 saturated heterocycles. The van der Waals surface area contributed by atoms with Gasteiger partial charge in [-0.05, 0) is 12.8 Å². The Morgan fingerprint density at radius 2 is 2.36 bits per heavy atom. The second-order valence-electron chi connectivity index (χ2n) is 2.55. The van der Waals surface area contributed by atoms with Crippen molar-refractivity contribution in [1.82, 2.24) is 0 Å². The fraction of sp³-hybridized carbons (Fsp3) is 0.571. The first-order chi connectivity index (χ1) is 5.29. The number of ether oxygens (including phenoxy) is 2. The average molecular weight is 175 g/mol. The van der Waals surface area contributed by atoms with E-state index >= 15 is 0 Å². The second kappa shape index (κ2) is 2.50. The average Bonchev–Trinajstić information content (AvgIpc) is 2.30. The fourth-order valence-electron chi connectivity index (χ4n) is 1.27. The van der Waals surface area contributed by atoms with E-state index in [2.05, 4.69) is 0 Å². The molecule has 0 N–H and O–H groups in total. The summed E-state index contributed by atoms with van der Waals surface area (Å²) in [6, 6.07) is 0. The Hall–Kier alpha value is -0.540. The molecule has 11 heavy (non-hydrogen) atoms. The maximum Gasteiger partial charge on any atom is 0.352 e. The molecule has 1 atom stereocenters. The lowest BCUT2D eigenvalue weighted by atomic mass is 10.1. The summed E-state index contributed by atoms with van der Waals surface area (Å²) >= 11 is 5.66. The van der Waals surface area contributed by atoms with Gasteiger partial charge in [0.2, 0.25) is 6.29 Å². The van der Waals surface area contributed by atoms with E-state index in [9.17, 15) is 4.79 Å². The molecule has 60 valence electrons. The van der Waals surface area contributed by atoms with Crippen LogP contribution in [0.15, 0.2) is 10.6 Å². The van der Waals surface area contributed by atoms with Gasteiger partial charge in [-0.3, -0.25) is 0 Å². The summed E-state index contributed by atoms with van der Waals surface area (Å²) in [4.78, 5) is 10.8. The van der Waals surface area contributed by atoms with Gasteiger partial charge in [-0.15, -0.1) is 0 Å². The van der Waals surface area contributed by atoms with E-state index in [-0.39, 0.29) is 5.03 Å². The maximum absolute atomic E-state index is 10.8. The van der Waals surface area contributed by atoms with Crippen LogP contribution in [0.3, 0.4) is 0 Å². The predicted octanol–water partition coefficient (Wildman–Crippen LogP) is 1.17. The zero-order valence-electron chi connectivity index (χ0n) is 5.80. The third-order valence-corrected chi connectivity index (χ3v) is 2.22. The summed E-state index contributed by atoms with van der Waals surface area (Å²) in [7, 11) is 0. The van der Waals surface area contributed by atoms with Gasteiger partial charge in [0, 0.05) is 5.57 Å². The third-order valence-electron chi connectivity index (χ3n) is 1.82. The van der Waals surface area contributed by atoms with Gasteiger partial charge >= 0.3 is 5.97 Å². The van der Waals surface area contributed by atoms with E-state index in [4.69, 9.17) is 21.1 Å². The summed E-state index contributed by atoms with van der Waals surface area (Å²) in [5.41, 5.74) is 0.808. The quantitative estimate of drug-likeness (QED) is 0.518. The minimum Gasteiger partial charge on any atom is -0.427 e. The van der Waals surface area contributed by atoms with Crippen molar-refractivity contribution >= 4 is 17.6 Å². The SMILES string of the molecule is O=C1OC2OCCCC2=C1Cl. The molecule has 0 saturated carbocycles. The van der Waals surface area contributed by atoms with Gasteiger partial charge in [0.05, 0.1) is 6.61 Å². The van der Waals surface area contributed by atoms with E-state index in [1.807, 2.05) is 0 Å². The molecule has 0 spiro atoms. The van der Waals surface area contributed by atoms with Crippen LogP contribution in [-0.2, 0) is 14.3 Å². The number of hydrogen-bond acceptors (Lipinski definition) is 3. The van der Waals surface area contributed by atoms with Crippen molar-refractivity contribution in [2.75, 3.05) is 6.61 Å². The summed E-state index contributed by atoms with van der Waals surface area (Å²) in [6.45, 7) is 0.644. The van der Waals surface area contributed by atoms with Crippen molar-refractivity contribution in [3.8, 4) is 0 Å². The van der Waals surface area contributed by atoms with Crippen molar-refractivity contribution < 1.29 is 14.3 Å². The van der Waals surface area contributed by atoms with Crippen molar-refractivity contribution in [2.45, 2.75) is 19.1 Å². The van der Waals surface area contributed by atoms with Crippen molar-refractivity contribution in [3.63, 3.8) is 0 Å². The van der Waals surface area contributed by atoms with Gasteiger partial charge < -0.3 is 9.47 Å². The number of carbonyl (C=O) groups is 1. The van der Waals surface area contributed by atoms with Gasteiger partial charge in [-0.25, -0.2) is 4.79 Å². The molecular weight excluding hydrogens is 168 g/mol. The highest BCUT2D eigenvalue weighted by atomic mass is 35.5. The van der Waals surface area contributed by atoms with Gasteiger partial charge in [0.15, 0.2) is 0 Å². The molecule has 2 aliphatic rings. The molecule has 0 aromatic heterocycles. The zero-order chi connectivity index (χ0) is 7.84. The first kappa shape index (κ1) is 7.13. The summed E-state index contributed by atoms with van der Waals surface area (Å²) in [6.07, 6.45) is 1.25. The third kappa shape index (κ3) is 1.04. The Morgan fingerprint density at radius 3 is 3.09 bits per heavy atom. The highest BCUT2D eigenvalue weighted by Crippen LogP contribution is 2.32. The topological polar surface area (TPSA) is 35.5 Å². The highest BCUT2D eigenvalue weighted by molar-refractivity contribution is 6.42. The Morgan fingerprint density at radius 1 is 1.55 bits per heavy atom. The van der Waals surface area contributed by atoms with E-state index in [0.29, 0.717) is 6.61 Å². The second-order valence-corrected chi connectivity index (χ2v) is 2.93. The largest absolute Gasteiger partial charge is 0.427 e. The van der Waals surface area contributed by atoms with Crippen LogP contribution < -0.4 is 0 Å². The first-order valence-corrected chi connectivity index (χ1v) is 3.88. The standard InChI is InChI=1S/C7H7ClO3/c8-5-4-2-1-3-10-7(4)11-6(5)9/h7H,1-3H2. The van der Waals surface area contributed by atoms with Crippen molar-refractivity contribution in [2.24, 2.45) is 0 Å². The number of fused-ring (bicyclic) bond motifs is 1. The van der Waals surface area contributed by atoms with Crippen molar-refractivity contribution in [3.05, 3.63) is 10.6 Å². The minimum atomic E-state index is -0.483. The van der Waals surface area contributed by atoms with Gasteiger partial charge in [0.1, 0.15) is 5.03 Å². The van der Waals surface area contributed by atoms with Crippen LogP contribution in [0.4, 0.5) is 0 Å². The van der Waals surface area contributed by atoms with Gasteiger partial charge in [0.25, 0.3) is 0 Å². The molecular formula is C7H7ClO3. The zero-order valence-corrected chi connectivity index (χ0v) is 6.56. The molecule has 1 unspecified atom stereocenters. The van der Waals surface area contributed by atoms with Crippen molar-refractivity contribution in [1.29, 1.82) is 0 Å².